The average Bonchev–Trinajstić information content (AvgIpc) is 2.43. The number of aliphatic hydroxyl groups excluding tert-OH is 2. The Hall–Kier alpha value is -1.85. The molecule has 2 rings (SSSR count). The van der Waals surface area contributed by atoms with Crippen LogP contribution in [0.4, 0.5) is 0 Å². The zero-order valence-corrected chi connectivity index (χ0v) is 10.6. The van der Waals surface area contributed by atoms with Gasteiger partial charge < -0.3 is 10.2 Å². The number of hydrogen-bond acceptors (Lipinski definition) is 4. The second-order valence-corrected chi connectivity index (χ2v) is 4.40. The third-order valence-corrected chi connectivity index (χ3v) is 3.08. The average molecular weight is 279 g/mol. The Morgan fingerprint density at radius 3 is 2.89 bits per heavy atom. The number of pyridine rings is 1. The fraction of sp³-hybridized carbons (Fsp3) is 0.250. The minimum absolute atomic E-state index is 0.196. The molecule has 2 N–H and O–H groups in total. The minimum atomic E-state index is -1.16. The van der Waals surface area contributed by atoms with Crippen LogP contribution in [0.3, 0.4) is 0 Å². The molecule has 1 heterocycles. The maximum Gasteiger partial charge on any atom is 0.105 e. The van der Waals surface area contributed by atoms with Crippen LogP contribution in [0.1, 0.15) is 11.7 Å². The molecule has 0 saturated heterocycles. The van der Waals surface area contributed by atoms with E-state index >= 15 is 0 Å². The minimum Gasteiger partial charge on any atom is -0.390 e. The van der Waals surface area contributed by atoms with Crippen molar-refractivity contribution in [2.75, 3.05) is 6.54 Å². The van der Waals surface area contributed by atoms with Crippen molar-refractivity contribution in [1.29, 1.82) is 0 Å². The number of azide groups is 1. The second-order valence-electron chi connectivity index (χ2n) is 3.99. The molecule has 0 spiro atoms. The first-order valence-corrected chi connectivity index (χ1v) is 5.92. The number of nitrogens with zero attached hydrogens (tertiary/aromatic N) is 4. The molecule has 1 aromatic heterocycles. The first-order chi connectivity index (χ1) is 9.13. The van der Waals surface area contributed by atoms with Gasteiger partial charge in [-0.3, -0.25) is 4.98 Å². The van der Waals surface area contributed by atoms with E-state index < -0.39 is 12.2 Å². The lowest BCUT2D eigenvalue weighted by atomic mass is 10.0. The third kappa shape index (κ3) is 2.94. The molecule has 0 radical (unpaired) electrons. The van der Waals surface area contributed by atoms with Crippen molar-refractivity contribution in [3.63, 3.8) is 0 Å². The van der Waals surface area contributed by atoms with Crippen LogP contribution in [0, 0.1) is 0 Å². The number of aliphatic hydroxyl groups is 2. The molecule has 0 aliphatic rings. The highest BCUT2D eigenvalue weighted by atomic mass is 35.5. The quantitative estimate of drug-likeness (QED) is 0.510. The van der Waals surface area contributed by atoms with E-state index in [9.17, 15) is 10.2 Å². The summed E-state index contributed by atoms with van der Waals surface area (Å²) in [6.45, 7) is -0.196. The van der Waals surface area contributed by atoms with Crippen molar-refractivity contribution in [2.24, 2.45) is 5.11 Å². The Balaban J connectivity index is 2.32. The van der Waals surface area contributed by atoms with E-state index in [-0.39, 0.29) is 6.54 Å². The van der Waals surface area contributed by atoms with E-state index in [0.29, 0.717) is 16.1 Å². The Bertz CT molecular complexity index is 643. The van der Waals surface area contributed by atoms with Gasteiger partial charge in [0.15, 0.2) is 0 Å². The molecule has 1 aromatic carbocycles. The molecular weight excluding hydrogens is 268 g/mol. The fourth-order valence-electron chi connectivity index (χ4n) is 1.76. The largest absolute Gasteiger partial charge is 0.390 e. The summed E-state index contributed by atoms with van der Waals surface area (Å²) in [6, 6.07) is 6.70. The van der Waals surface area contributed by atoms with Gasteiger partial charge in [0, 0.05) is 16.5 Å². The van der Waals surface area contributed by atoms with Crippen LogP contribution in [0.25, 0.3) is 21.3 Å². The highest BCUT2D eigenvalue weighted by Gasteiger charge is 2.18. The van der Waals surface area contributed by atoms with Crippen LogP contribution >= 0.6 is 11.6 Å². The van der Waals surface area contributed by atoms with E-state index in [0.717, 1.165) is 5.39 Å². The first-order valence-electron chi connectivity index (χ1n) is 5.54. The molecule has 19 heavy (non-hydrogen) atoms. The first kappa shape index (κ1) is 13.6. The van der Waals surface area contributed by atoms with Gasteiger partial charge >= 0.3 is 0 Å². The van der Waals surface area contributed by atoms with Crippen molar-refractivity contribution in [3.05, 3.63) is 51.5 Å². The maximum atomic E-state index is 9.95. The zero-order valence-electron chi connectivity index (χ0n) is 9.81. The van der Waals surface area contributed by atoms with Crippen LogP contribution in [-0.4, -0.2) is 27.8 Å². The Kier molecular flexibility index (Phi) is 4.19. The summed E-state index contributed by atoms with van der Waals surface area (Å²) < 4.78 is 0. The molecule has 2 atom stereocenters. The van der Waals surface area contributed by atoms with E-state index in [2.05, 4.69) is 15.0 Å². The van der Waals surface area contributed by atoms with Gasteiger partial charge in [0.25, 0.3) is 0 Å². The normalized spacial score (nSPS) is 13.8. The molecule has 2 aromatic rings. The predicted molar refractivity (Wildman–Crippen MR) is 71.7 cm³/mol. The molecule has 0 aliphatic carbocycles. The third-order valence-electron chi connectivity index (χ3n) is 2.75. The SMILES string of the molecule is [N-]=[N+]=NCC(O)C(O)c1ccc2c(Cl)ccnc2c1. The molecule has 2 unspecified atom stereocenters. The van der Waals surface area contributed by atoms with Crippen LogP contribution in [0.5, 0.6) is 0 Å². The van der Waals surface area contributed by atoms with Crippen molar-refractivity contribution >= 4 is 22.5 Å². The summed E-state index contributed by atoms with van der Waals surface area (Å²) >= 11 is 6.01. The van der Waals surface area contributed by atoms with E-state index in [4.69, 9.17) is 17.1 Å². The summed E-state index contributed by atoms with van der Waals surface area (Å²) in [5.74, 6) is 0. The highest BCUT2D eigenvalue weighted by Crippen LogP contribution is 2.25. The highest BCUT2D eigenvalue weighted by molar-refractivity contribution is 6.35. The lowest BCUT2D eigenvalue weighted by Gasteiger charge is -2.16. The molecule has 6 nitrogen and oxygen atoms in total. The Morgan fingerprint density at radius 2 is 2.16 bits per heavy atom. The van der Waals surface area contributed by atoms with Gasteiger partial charge in [-0.2, -0.15) is 0 Å². The van der Waals surface area contributed by atoms with Crippen molar-refractivity contribution in [1.82, 2.24) is 4.98 Å². The van der Waals surface area contributed by atoms with Crippen molar-refractivity contribution < 1.29 is 10.2 Å². The van der Waals surface area contributed by atoms with Crippen LogP contribution in [-0.2, 0) is 0 Å². The fourth-order valence-corrected chi connectivity index (χ4v) is 1.97. The number of benzene rings is 1. The molecule has 0 bridgehead atoms. The number of hydrogen-bond donors (Lipinski definition) is 2. The molecule has 0 fully saturated rings. The predicted octanol–water partition coefficient (Wildman–Crippen LogP) is 2.59. The van der Waals surface area contributed by atoms with Gasteiger partial charge in [-0.1, -0.05) is 28.8 Å². The van der Waals surface area contributed by atoms with Crippen LogP contribution < -0.4 is 0 Å². The Labute approximate surface area is 113 Å². The number of rotatable bonds is 4. The van der Waals surface area contributed by atoms with Gasteiger partial charge in [0.1, 0.15) is 6.10 Å². The molecule has 0 saturated carbocycles. The molecule has 0 aliphatic heterocycles. The van der Waals surface area contributed by atoms with E-state index in [1.165, 1.54) is 0 Å². The maximum absolute atomic E-state index is 9.95. The van der Waals surface area contributed by atoms with Crippen molar-refractivity contribution in [2.45, 2.75) is 12.2 Å². The summed E-state index contributed by atoms with van der Waals surface area (Å²) in [5, 5.41) is 24.2. The molecule has 98 valence electrons. The molecule has 0 amide bonds. The summed E-state index contributed by atoms with van der Waals surface area (Å²) in [4.78, 5) is 6.68. The topological polar surface area (TPSA) is 102 Å². The lowest BCUT2D eigenvalue weighted by molar-refractivity contribution is 0.0245. The van der Waals surface area contributed by atoms with E-state index in [1.54, 1.807) is 30.5 Å². The zero-order chi connectivity index (χ0) is 13.8. The van der Waals surface area contributed by atoms with Crippen LogP contribution in [0.2, 0.25) is 5.02 Å². The van der Waals surface area contributed by atoms with Gasteiger partial charge in [-0.25, -0.2) is 0 Å². The second kappa shape index (κ2) is 5.86. The monoisotopic (exact) mass is 278 g/mol. The number of halogens is 1. The summed E-state index contributed by atoms with van der Waals surface area (Å²) in [5.41, 5.74) is 9.29. The number of fused-ring (bicyclic) bond motifs is 1. The molecular formula is C12H11ClN4O2. The van der Waals surface area contributed by atoms with Gasteiger partial charge in [0.05, 0.1) is 23.2 Å². The standard InChI is InChI=1S/C12H11ClN4O2/c13-9-3-4-15-10-5-7(1-2-8(9)10)12(19)11(18)6-16-17-14/h1-5,11-12,18-19H,6H2. The smallest absolute Gasteiger partial charge is 0.105 e. The lowest BCUT2D eigenvalue weighted by Crippen LogP contribution is -2.21. The van der Waals surface area contributed by atoms with E-state index in [1.807, 2.05) is 0 Å². The van der Waals surface area contributed by atoms with Crippen molar-refractivity contribution in [3.8, 4) is 0 Å². The van der Waals surface area contributed by atoms with Gasteiger partial charge in [-0.05, 0) is 23.2 Å². The van der Waals surface area contributed by atoms with Crippen LogP contribution in [0.15, 0.2) is 35.6 Å². The summed E-state index contributed by atoms with van der Waals surface area (Å²) in [6.07, 6.45) is -0.736. The van der Waals surface area contributed by atoms with Gasteiger partial charge in [-0.15, -0.1) is 0 Å². The number of aromatic nitrogens is 1. The summed E-state index contributed by atoms with van der Waals surface area (Å²) in [7, 11) is 0. The molecule has 7 heteroatoms. The Morgan fingerprint density at radius 1 is 1.37 bits per heavy atom. The van der Waals surface area contributed by atoms with Gasteiger partial charge in [0.2, 0.25) is 0 Å².